The highest BCUT2D eigenvalue weighted by Crippen LogP contribution is 2.20. The van der Waals surface area contributed by atoms with Crippen molar-refractivity contribution in [2.45, 2.75) is 52.1 Å². The smallest absolute Gasteiger partial charge is 0.225 e. The van der Waals surface area contributed by atoms with E-state index in [4.69, 9.17) is 0 Å². The number of nitrogens with zero attached hydrogens (tertiary/aromatic N) is 1. The van der Waals surface area contributed by atoms with Crippen LogP contribution in [-0.4, -0.2) is 34.9 Å². The van der Waals surface area contributed by atoms with Gasteiger partial charge in [-0.05, 0) is 43.4 Å². The van der Waals surface area contributed by atoms with Gasteiger partial charge in [-0.3, -0.25) is 4.79 Å². The molecule has 0 unspecified atom stereocenters. The van der Waals surface area contributed by atoms with Gasteiger partial charge >= 0.3 is 0 Å². The molecule has 1 aliphatic heterocycles. The summed E-state index contributed by atoms with van der Waals surface area (Å²) in [5, 5.41) is 4.98. The minimum atomic E-state index is 0.209. The SMILES string of the molecule is CCC(CC)C(=O)N1CCC(NCc2cccc3[nH]ccc23)CC1. The minimum absolute atomic E-state index is 0.209. The molecule has 2 N–H and O–H groups in total. The standard InChI is InChI=1S/C20H29N3O/c1-3-15(4-2)20(24)23-12-9-17(10-13-23)22-14-16-6-5-7-19-18(16)8-11-21-19/h5-8,11,15,17,21-22H,3-4,9-10,12-14H2,1-2H3. The number of hydrogen-bond acceptors (Lipinski definition) is 2. The van der Waals surface area contributed by atoms with E-state index in [0.717, 1.165) is 45.3 Å². The topological polar surface area (TPSA) is 48.1 Å². The molecule has 2 heterocycles. The lowest BCUT2D eigenvalue weighted by Gasteiger charge is -2.34. The number of nitrogens with one attached hydrogen (secondary N) is 2. The summed E-state index contributed by atoms with van der Waals surface area (Å²) in [6, 6.07) is 9.05. The number of likely N-dealkylation sites (tertiary alicyclic amines) is 1. The fraction of sp³-hybridized carbons (Fsp3) is 0.550. The number of piperidine rings is 1. The normalized spacial score (nSPS) is 16.2. The number of hydrogen-bond donors (Lipinski definition) is 2. The van der Waals surface area contributed by atoms with Gasteiger partial charge in [0.1, 0.15) is 0 Å². The Bertz CT molecular complexity index is 666. The van der Waals surface area contributed by atoms with Gasteiger partial charge in [0.2, 0.25) is 5.91 Å². The van der Waals surface area contributed by atoms with Gasteiger partial charge in [0, 0.05) is 48.7 Å². The predicted octanol–water partition coefficient (Wildman–Crippen LogP) is 3.68. The molecule has 1 aromatic carbocycles. The van der Waals surface area contributed by atoms with Gasteiger partial charge in [-0.15, -0.1) is 0 Å². The number of carbonyl (C=O) groups excluding carboxylic acids is 1. The molecule has 1 amide bonds. The average Bonchev–Trinajstić information content (AvgIpc) is 3.10. The summed E-state index contributed by atoms with van der Waals surface area (Å²) in [4.78, 5) is 17.8. The highest BCUT2D eigenvalue weighted by molar-refractivity contribution is 5.82. The van der Waals surface area contributed by atoms with E-state index in [0.29, 0.717) is 11.9 Å². The number of H-pyrrole nitrogens is 1. The first-order chi connectivity index (χ1) is 11.7. The van der Waals surface area contributed by atoms with Crippen LogP contribution in [0.25, 0.3) is 10.9 Å². The van der Waals surface area contributed by atoms with Crippen molar-refractivity contribution in [1.82, 2.24) is 15.2 Å². The molecule has 0 radical (unpaired) electrons. The summed E-state index contributed by atoms with van der Waals surface area (Å²) in [5.41, 5.74) is 2.53. The average molecular weight is 327 g/mol. The summed E-state index contributed by atoms with van der Waals surface area (Å²) in [5.74, 6) is 0.566. The van der Waals surface area contributed by atoms with E-state index in [-0.39, 0.29) is 5.92 Å². The number of aromatic nitrogens is 1. The van der Waals surface area contributed by atoms with E-state index in [1.807, 2.05) is 6.20 Å². The van der Waals surface area contributed by atoms with Crippen LogP contribution in [0.4, 0.5) is 0 Å². The van der Waals surface area contributed by atoms with Gasteiger partial charge in [0.25, 0.3) is 0 Å². The summed E-state index contributed by atoms with van der Waals surface area (Å²) in [6.45, 7) is 6.90. The molecule has 130 valence electrons. The van der Waals surface area contributed by atoms with Crippen molar-refractivity contribution in [2.75, 3.05) is 13.1 Å². The first kappa shape index (κ1) is 17.0. The molecular weight excluding hydrogens is 298 g/mol. The van der Waals surface area contributed by atoms with E-state index < -0.39 is 0 Å². The van der Waals surface area contributed by atoms with Gasteiger partial charge in [-0.2, -0.15) is 0 Å². The fourth-order valence-corrected chi connectivity index (χ4v) is 3.76. The molecule has 2 aromatic rings. The maximum atomic E-state index is 12.5. The third kappa shape index (κ3) is 3.64. The van der Waals surface area contributed by atoms with Crippen LogP contribution in [0.5, 0.6) is 0 Å². The molecule has 4 nitrogen and oxygen atoms in total. The molecule has 0 bridgehead atoms. The van der Waals surface area contributed by atoms with Gasteiger partial charge in [-0.25, -0.2) is 0 Å². The summed E-state index contributed by atoms with van der Waals surface area (Å²) in [6.07, 6.45) is 6.00. The molecule has 24 heavy (non-hydrogen) atoms. The molecule has 4 heteroatoms. The first-order valence-corrected chi connectivity index (χ1v) is 9.30. The second kappa shape index (κ2) is 7.84. The summed E-state index contributed by atoms with van der Waals surface area (Å²) >= 11 is 0. The van der Waals surface area contributed by atoms with Crippen LogP contribution >= 0.6 is 0 Å². The summed E-state index contributed by atoms with van der Waals surface area (Å²) < 4.78 is 0. The molecule has 0 spiro atoms. The fourth-order valence-electron chi connectivity index (χ4n) is 3.76. The van der Waals surface area contributed by atoms with Crippen molar-refractivity contribution in [3.8, 4) is 0 Å². The van der Waals surface area contributed by atoms with Crippen molar-refractivity contribution < 1.29 is 4.79 Å². The van der Waals surface area contributed by atoms with Crippen LogP contribution in [-0.2, 0) is 11.3 Å². The third-order valence-electron chi connectivity index (χ3n) is 5.41. The van der Waals surface area contributed by atoms with Gasteiger partial charge in [-0.1, -0.05) is 26.0 Å². The molecule has 3 rings (SSSR count). The van der Waals surface area contributed by atoms with Crippen molar-refractivity contribution in [3.05, 3.63) is 36.0 Å². The number of fused-ring (bicyclic) bond motifs is 1. The van der Waals surface area contributed by atoms with E-state index in [9.17, 15) is 4.79 Å². The lowest BCUT2D eigenvalue weighted by molar-refractivity contribution is -0.136. The minimum Gasteiger partial charge on any atom is -0.361 e. The molecule has 1 saturated heterocycles. The van der Waals surface area contributed by atoms with Crippen LogP contribution in [0, 0.1) is 5.92 Å². The Hall–Kier alpha value is -1.81. The van der Waals surface area contributed by atoms with E-state index >= 15 is 0 Å². The van der Waals surface area contributed by atoms with Crippen molar-refractivity contribution >= 4 is 16.8 Å². The Kier molecular flexibility index (Phi) is 5.56. The van der Waals surface area contributed by atoms with Gasteiger partial charge in [0.05, 0.1) is 0 Å². The lowest BCUT2D eigenvalue weighted by atomic mass is 9.98. The lowest BCUT2D eigenvalue weighted by Crippen LogP contribution is -2.46. The van der Waals surface area contributed by atoms with Crippen LogP contribution < -0.4 is 5.32 Å². The van der Waals surface area contributed by atoms with Crippen LogP contribution in [0.15, 0.2) is 30.5 Å². The highest BCUT2D eigenvalue weighted by atomic mass is 16.2. The number of aromatic amines is 1. The Morgan fingerprint density at radius 1 is 1.25 bits per heavy atom. The molecule has 1 aliphatic rings. The maximum Gasteiger partial charge on any atom is 0.225 e. The van der Waals surface area contributed by atoms with Gasteiger partial charge in [0.15, 0.2) is 0 Å². The molecule has 0 aliphatic carbocycles. The second-order valence-electron chi connectivity index (χ2n) is 6.85. The Morgan fingerprint density at radius 2 is 2.00 bits per heavy atom. The summed E-state index contributed by atoms with van der Waals surface area (Å²) in [7, 11) is 0. The third-order valence-corrected chi connectivity index (χ3v) is 5.41. The van der Waals surface area contributed by atoms with Crippen molar-refractivity contribution in [2.24, 2.45) is 5.92 Å². The van der Waals surface area contributed by atoms with Crippen LogP contribution in [0.2, 0.25) is 0 Å². The highest BCUT2D eigenvalue weighted by Gasteiger charge is 2.26. The van der Waals surface area contributed by atoms with Crippen LogP contribution in [0.1, 0.15) is 45.1 Å². The van der Waals surface area contributed by atoms with Crippen LogP contribution in [0.3, 0.4) is 0 Å². The number of amides is 1. The molecule has 0 atom stereocenters. The monoisotopic (exact) mass is 327 g/mol. The van der Waals surface area contributed by atoms with E-state index in [1.54, 1.807) is 0 Å². The molecule has 1 fully saturated rings. The molecular formula is C20H29N3O. The van der Waals surface area contributed by atoms with Crippen molar-refractivity contribution in [1.29, 1.82) is 0 Å². The molecule has 1 aromatic heterocycles. The number of carbonyl (C=O) groups is 1. The first-order valence-electron chi connectivity index (χ1n) is 9.30. The van der Waals surface area contributed by atoms with E-state index in [2.05, 4.69) is 53.3 Å². The number of benzene rings is 1. The zero-order valence-electron chi connectivity index (χ0n) is 14.8. The quantitative estimate of drug-likeness (QED) is 0.850. The van der Waals surface area contributed by atoms with E-state index in [1.165, 1.54) is 16.5 Å². The maximum absolute atomic E-state index is 12.5. The Balaban J connectivity index is 1.51. The number of rotatable bonds is 6. The van der Waals surface area contributed by atoms with Crippen molar-refractivity contribution in [3.63, 3.8) is 0 Å². The zero-order valence-corrected chi connectivity index (χ0v) is 14.8. The zero-order chi connectivity index (χ0) is 16.9. The second-order valence-corrected chi connectivity index (χ2v) is 6.85. The Labute approximate surface area is 144 Å². The molecule has 0 saturated carbocycles. The predicted molar refractivity (Wildman–Crippen MR) is 98.8 cm³/mol. The van der Waals surface area contributed by atoms with Gasteiger partial charge < -0.3 is 15.2 Å². The Morgan fingerprint density at radius 3 is 2.71 bits per heavy atom. The largest absolute Gasteiger partial charge is 0.361 e.